The Kier molecular flexibility index (Phi) is 17.5. The Balaban J connectivity index is 1.80. The summed E-state index contributed by atoms with van der Waals surface area (Å²) >= 11 is 0. The molecule has 2 aromatic heterocycles. The Bertz CT molecular complexity index is 1440. The van der Waals surface area contributed by atoms with Crippen LogP contribution in [0.1, 0.15) is 63.0 Å². The lowest BCUT2D eigenvalue weighted by atomic mass is 10.1. The number of aliphatic carboxylic acids is 5. The fourth-order valence-electron chi connectivity index (χ4n) is 4.96. The second-order valence-electron chi connectivity index (χ2n) is 11.7. The number of carboxylic acids is 5. The number of carbonyl (C=O) groups excluding carboxylic acids is 2. The van der Waals surface area contributed by atoms with E-state index in [0.717, 1.165) is 0 Å². The summed E-state index contributed by atoms with van der Waals surface area (Å²) in [4.78, 5) is 91.2. The van der Waals surface area contributed by atoms with E-state index in [4.69, 9.17) is 15.9 Å². The maximum absolute atomic E-state index is 12.5. The van der Waals surface area contributed by atoms with Gasteiger partial charge in [-0.1, -0.05) is 6.42 Å². The molecule has 0 fully saturated rings. The smallest absolute Gasteiger partial charge is 0.326 e. The molecule has 0 spiro atoms. The standard InChI is InChI=1S/C30H45N9O12/c31-19(27(46)34-9-3-1-6-20(28(47)48)35-30(51)36-21(29(49)50)7-8-24(40)41)5-2-4-12-37(15-22-32-10-13-38(22)17-25(42)43)16-23-33-11-14-39(23)18-26(44)45/h10-11,13-14,19-21H,1-9,12,15-18,31H2,(H,34,46)(H,40,41)(H,42,43)(H,44,45)(H,47,48)(H,49,50)(H2,35,36,51)/t19-,20-,21+/m0/s1. The van der Waals surface area contributed by atoms with Gasteiger partial charge in [-0.05, 0) is 45.1 Å². The number of hydrogen-bond donors (Lipinski definition) is 9. The SMILES string of the molecule is N[C@@H](CCCCN(Cc1nccn1CC(=O)O)Cc1nccn1CC(=O)O)C(=O)NCCCC[C@H](NC(=O)N[C@H](CCC(=O)O)C(=O)O)C(=O)O. The highest BCUT2D eigenvalue weighted by atomic mass is 16.4. The van der Waals surface area contributed by atoms with Crippen LogP contribution in [0.3, 0.4) is 0 Å². The maximum Gasteiger partial charge on any atom is 0.326 e. The monoisotopic (exact) mass is 723 g/mol. The third-order valence-electron chi connectivity index (χ3n) is 7.59. The number of urea groups is 1. The number of nitrogens with two attached hydrogens (primary N) is 1. The van der Waals surface area contributed by atoms with Crippen molar-refractivity contribution in [2.45, 2.75) is 95.7 Å². The molecule has 0 aliphatic heterocycles. The zero-order valence-corrected chi connectivity index (χ0v) is 27.8. The van der Waals surface area contributed by atoms with Crippen molar-refractivity contribution in [2.24, 2.45) is 5.73 Å². The molecule has 2 rings (SSSR count). The highest BCUT2D eigenvalue weighted by Crippen LogP contribution is 2.12. The highest BCUT2D eigenvalue weighted by Gasteiger charge is 2.25. The second-order valence-corrected chi connectivity index (χ2v) is 11.7. The third kappa shape index (κ3) is 16.1. The Morgan fingerprint density at radius 2 is 1.22 bits per heavy atom. The van der Waals surface area contributed by atoms with Crippen LogP contribution in [0.5, 0.6) is 0 Å². The normalized spacial score (nSPS) is 12.8. The van der Waals surface area contributed by atoms with Gasteiger partial charge in [-0.2, -0.15) is 0 Å². The zero-order valence-electron chi connectivity index (χ0n) is 27.8. The number of carbonyl (C=O) groups is 7. The topological polar surface area (TPSA) is 322 Å². The van der Waals surface area contributed by atoms with Crippen LogP contribution in [0.4, 0.5) is 4.79 Å². The predicted molar refractivity (Wildman–Crippen MR) is 174 cm³/mol. The summed E-state index contributed by atoms with van der Waals surface area (Å²) < 4.78 is 3.00. The van der Waals surface area contributed by atoms with Gasteiger partial charge in [0.2, 0.25) is 5.91 Å². The molecular formula is C30H45N9O12. The lowest BCUT2D eigenvalue weighted by molar-refractivity contribution is -0.141. The molecule has 3 amide bonds. The zero-order chi connectivity index (χ0) is 37.9. The minimum atomic E-state index is -1.52. The molecule has 21 nitrogen and oxygen atoms in total. The van der Waals surface area contributed by atoms with E-state index in [0.29, 0.717) is 43.9 Å². The molecule has 0 aliphatic carbocycles. The van der Waals surface area contributed by atoms with E-state index in [2.05, 4.69) is 25.9 Å². The molecule has 0 saturated carbocycles. The van der Waals surface area contributed by atoms with E-state index >= 15 is 0 Å². The minimum Gasteiger partial charge on any atom is -0.481 e. The van der Waals surface area contributed by atoms with Crippen LogP contribution in [-0.2, 0) is 54.9 Å². The molecule has 0 aromatic carbocycles. The number of imidazole rings is 2. The van der Waals surface area contributed by atoms with Crippen LogP contribution in [0.15, 0.2) is 24.8 Å². The number of nitrogens with zero attached hydrogens (tertiary/aromatic N) is 5. The van der Waals surface area contributed by atoms with Crippen molar-refractivity contribution in [2.75, 3.05) is 13.1 Å². The number of carboxylic acid groups (broad SMARTS) is 5. The van der Waals surface area contributed by atoms with E-state index in [-0.39, 0.29) is 52.0 Å². The Morgan fingerprint density at radius 3 is 1.71 bits per heavy atom. The van der Waals surface area contributed by atoms with Crippen LogP contribution in [0, 0.1) is 0 Å². The molecule has 2 heterocycles. The van der Waals surface area contributed by atoms with E-state index in [9.17, 15) is 48.9 Å². The first-order valence-electron chi connectivity index (χ1n) is 16.1. The Morgan fingerprint density at radius 1 is 0.706 bits per heavy atom. The number of nitrogens with one attached hydrogen (secondary N) is 3. The predicted octanol–water partition coefficient (Wildman–Crippen LogP) is -0.894. The number of amides is 3. The van der Waals surface area contributed by atoms with Crippen molar-refractivity contribution in [3.05, 3.63) is 36.4 Å². The first-order chi connectivity index (χ1) is 24.2. The van der Waals surface area contributed by atoms with Crippen LogP contribution >= 0.6 is 0 Å². The molecule has 0 unspecified atom stereocenters. The van der Waals surface area contributed by atoms with Gasteiger partial charge in [0.1, 0.15) is 36.8 Å². The van der Waals surface area contributed by atoms with E-state index in [1.807, 2.05) is 4.90 Å². The largest absolute Gasteiger partial charge is 0.481 e. The van der Waals surface area contributed by atoms with Gasteiger partial charge in [-0.25, -0.2) is 24.4 Å². The maximum atomic E-state index is 12.5. The number of rotatable bonds is 26. The number of unbranched alkanes of at least 4 members (excludes halogenated alkanes) is 2. The van der Waals surface area contributed by atoms with Gasteiger partial charge in [-0.15, -0.1) is 0 Å². The van der Waals surface area contributed by atoms with E-state index in [1.54, 1.807) is 12.4 Å². The summed E-state index contributed by atoms with van der Waals surface area (Å²) in [7, 11) is 0. The summed E-state index contributed by atoms with van der Waals surface area (Å²) in [5.41, 5.74) is 6.07. The molecule has 0 aliphatic rings. The van der Waals surface area contributed by atoms with Gasteiger partial charge in [0, 0.05) is 37.8 Å². The van der Waals surface area contributed by atoms with Gasteiger partial charge in [0.05, 0.1) is 19.1 Å². The summed E-state index contributed by atoms with van der Waals surface area (Å²) in [6.45, 7) is 0.616. The van der Waals surface area contributed by atoms with E-state index in [1.165, 1.54) is 21.5 Å². The molecular weight excluding hydrogens is 678 g/mol. The van der Waals surface area contributed by atoms with Gasteiger partial charge < -0.3 is 56.4 Å². The van der Waals surface area contributed by atoms with Crippen LogP contribution in [-0.4, -0.2) is 123 Å². The minimum absolute atomic E-state index is 0.0266. The number of aromatic nitrogens is 4. The first-order valence-corrected chi connectivity index (χ1v) is 16.1. The van der Waals surface area contributed by atoms with Gasteiger partial charge in [0.25, 0.3) is 0 Å². The molecule has 21 heteroatoms. The Labute approximate surface area is 291 Å². The second kappa shape index (κ2) is 21.5. The summed E-state index contributed by atoms with van der Waals surface area (Å²) in [6.07, 6.45) is 7.27. The molecule has 2 aromatic rings. The van der Waals surface area contributed by atoms with Crippen molar-refractivity contribution >= 4 is 41.8 Å². The van der Waals surface area contributed by atoms with Crippen molar-refractivity contribution < 1.29 is 59.1 Å². The fraction of sp³-hybridized carbons (Fsp3) is 0.567. The quantitative estimate of drug-likeness (QED) is 0.0531. The van der Waals surface area contributed by atoms with E-state index < -0.39 is 66.3 Å². The molecule has 0 bridgehead atoms. The van der Waals surface area contributed by atoms with Crippen molar-refractivity contribution in [1.82, 2.24) is 40.0 Å². The molecule has 51 heavy (non-hydrogen) atoms. The van der Waals surface area contributed by atoms with Crippen LogP contribution in [0.25, 0.3) is 0 Å². The summed E-state index contributed by atoms with van der Waals surface area (Å²) in [5.74, 6) is -5.55. The van der Waals surface area contributed by atoms with Gasteiger partial charge in [-0.3, -0.25) is 24.1 Å². The summed E-state index contributed by atoms with van der Waals surface area (Å²) in [5, 5.41) is 52.7. The van der Waals surface area contributed by atoms with Gasteiger partial charge in [0.15, 0.2) is 0 Å². The molecule has 0 saturated heterocycles. The fourth-order valence-corrected chi connectivity index (χ4v) is 4.96. The van der Waals surface area contributed by atoms with Crippen LogP contribution < -0.4 is 21.7 Å². The third-order valence-corrected chi connectivity index (χ3v) is 7.59. The number of hydrogen-bond acceptors (Lipinski definition) is 11. The van der Waals surface area contributed by atoms with Crippen molar-refractivity contribution in [3.63, 3.8) is 0 Å². The van der Waals surface area contributed by atoms with Crippen molar-refractivity contribution in [3.8, 4) is 0 Å². The molecule has 0 radical (unpaired) electrons. The van der Waals surface area contributed by atoms with Crippen molar-refractivity contribution in [1.29, 1.82) is 0 Å². The molecule has 10 N–H and O–H groups in total. The average molecular weight is 724 g/mol. The lowest BCUT2D eigenvalue weighted by Gasteiger charge is -2.23. The highest BCUT2D eigenvalue weighted by molar-refractivity contribution is 5.86. The molecule has 282 valence electrons. The first kappa shape index (κ1) is 41.6. The van der Waals surface area contributed by atoms with Crippen LogP contribution in [0.2, 0.25) is 0 Å². The molecule has 3 atom stereocenters. The Hall–Kier alpha value is -5.57. The summed E-state index contributed by atoms with van der Waals surface area (Å²) in [6, 6.07) is -4.78. The average Bonchev–Trinajstić information content (AvgIpc) is 3.67. The van der Waals surface area contributed by atoms with Gasteiger partial charge >= 0.3 is 35.9 Å². The lowest BCUT2D eigenvalue weighted by Crippen LogP contribution is -2.51.